The Morgan fingerprint density at radius 3 is 3.24 bits per heavy atom. The van der Waals surface area contributed by atoms with E-state index in [0.29, 0.717) is 12.5 Å². The lowest BCUT2D eigenvalue weighted by Gasteiger charge is -2.30. The molecule has 1 aromatic rings. The Balaban J connectivity index is 1.83. The Kier molecular flexibility index (Phi) is 2.56. The van der Waals surface area contributed by atoms with E-state index in [-0.39, 0.29) is 0 Å². The maximum absolute atomic E-state index is 10.8. The van der Waals surface area contributed by atoms with Crippen molar-refractivity contribution >= 4 is 5.69 Å². The zero-order valence-electron chi connectivity index (χ0n) is 9.97. The number of pyridine rings is 1. The third-order valence-electron chi connectivity index (χ3n) is 4.25. The van der Waals surface area contributed by atoms with Gasteiger partial charge in [-0.25, -0.2) is 0 Å². The fourth-order valence-corrected chi connectivity index (χ4v) is 3.33. The minimum absolute atomic E-state index is 0.321. The van der Waals surface area contributed by atoms with Crippen LogP contribution in [0.25, 0.3) is 0 Å². The predicted molar refractivity (Wildman–Crippen MR) is 66.5 cm³/mol. The molecule has 2 aliphatic rings. The van der Waals surface area contributed by atoms with Crippen LogP contribution in [0, 0.1) is 0 Å². The molecule has 2 aliphatic heterocycles. The molecular weight excluding hydrogens is 214 g/mol. The van der Waals surface area contributed by atoms with Gasteiger partial charge in [-0.3, -0.25) is 9.88 Å². The lowest BCUT2D eigenvalue weighted by Crippen LogP contribution is -2.43. The number of hydrogen-bond donors (Lipinski definition) is 2. The maximum atomic E-state index is 10.8. The second kappa shape index (κ2) is 3.96. The number of anilines is 1. The third-order valence-corrected chi connectivity index (χ3v) is 4.25. The standard InChI is InChI=1S/C13H19N3O/c14-11-3-5-15-9-10(11)8-13(17)4-7-16-6-1-2-12(13)16/h3,5,9,12,17H,1-2,4,6-8H2,(H2,14,15). The highest BCUT2D eigenvalue weighted by molar-refractivity contribution is 5.45. The quantitative estimate of drug-likeness (QED) is 0.793. The van der Waals surface area contributed by atoms with Crippen LogP contribution in [-0.4, -0.2) is 39.7 Å². The van der Waals surface area contributed by atoms with Gasteiger partial charge in [-0.2, -0.15) is 0 Å². The van der Waals surface area contributed by atoms with Crippen LogP contribution < -0.4 is 5.73 Å². The van der Waals surface area contributed by atoms with Gasteiger partial charge >= 0.3 is 0 Å². The summed E-state index contributed by atoms with van der Waals surface area (Å²) >= 11 is 0. The van der Waals surface area contributed by atoms with Gasteiger partial charge in [-0.05, 0) is 37.4 Å². The highest BCUT2D eigenvalue weighted by Gasteiger charge is 2.47. The van der Waals surface area contributed by atoms with Crippen molar-refractivity contribution in [3.63, 3.8) is 0 Å². The van der Waals surface area contributed by atoms with Gasteiger partial charge in [0, 0.05) is 37.1 Å². The molecular formula is C13H19N3O. The average Bonchev–Trinajstić information content (AvgIpc) is 2.88. The molecule has 3 heterocycles. The number of hydrogen-bond acceptors (Lipinski definition) is 4. The first kappa shape index (κ1) is 11.0. The summed E-state index contributed by atoms with van der Waals surface area (Å²) in [5, 5.41) is 10.8. The third kappa shape index (κ3) is 1.81. The molecule has 4 nitrogen and oxygen atoms in total. The Bertz CT molecular complexity index is 423. The van der Waals surface area contributed by atoms with Crippen LogP contribution in [0.5, 0.6) is 0 Å². The molecule has 0 saturated carbocycles. The second-order valence-corrected chi connectivity index (χ2v) is 5.30. The molecule has 0 radical (unpaired) electrons. The normalized spacial score (nSPS) is 32.9. The SMILES string of the molecule is Nc1ccncc1CC1(O)CCN2CCCC21. The minimum Gasteiger partial charge on any atom is -0.398 e. The Hall–Kier alpha value is -1.13. The molecule has 2 saturated heterocycles. The van der Waals surface area contributed by atoms with Crippen molar-refractivity contribution in [2.24, 2.45) is 0 Å². The lowest BCUT2D eigenvalue weighted by molar-refractivity contribution is 0.0141. The number of nitrogens with two attached hydrogens (primary N) is 1. The van der Waals surface area contributed by atoms with Crippen molar-refractivity contribution in [2.45, 2.75) is 37.3 Å². The van der Waals surface area contributed by atoms with Crippen molar-refractivity contribution < 1.29 is 5.11 Å². The van der Waals surface area contributed by atoms with Crippen LogP contribution >= 0.6 is 0 Å². The Labute approximate surface area is 101 Å². The van der Waals surface area contributed by atoms with E-state index in [4.69, 9.17) is 5.73 Å². The predicted octanol–water partition coefficient (Wildman–Crippen LogP) is 0.805. The molecule has 0 aromatic carbocycles. The van der Waals surface area contributed by atoms with E-state index in [2.05, 4.69) is 9.88 Å². The van der Waals surface area contributed by atoms with Gasteiger partial charge in [0.25, 0.3) is 0 Å². The first-order chi connectivity index (χ1) is 8.19. The number of fused-ring (bicyclic) bond motifs is 1. The van der Waals surface area contributed by atoms with Crippen LogP contribution in [0.1, 0.15) is 24.8 Å². The summed E-state index contributed by atoms with van der Waals surface area (Å²) in [4.78, 5) is 6.51. The summed E-state index contributed by atoms with van der Waals surface area (Å²) in [5.74, 6) is 0. The van der Waals surface area contributed by atoms with Crippen LogP contribution in [-0.2, 0) is 6.42 Å². The van der Waals surface area contributed by atoms with Crippen LogP contribution in [0.4, 0.5) is 5.69 Å². The maximum Gasteiger partial charge on any atom is 0.0855 e. The smallest absolute Gasteiger partial charge is 0.0855 e. The van der Waals surface area contributed by atoms with Gasteiger partial charge in [0.15, 0.2) is 0 Å². The van der Waals surface area contributed by atoms with E-state index in [0.717, 1.165) is 37.2 Å². The molecule has 92 valence electrons. The number of aliphatic hydroxyl groups is 1. The number of rotatable bonds is 2. The highest BCUT2D eigenvalue weighted by atomic mass is 16.3. The molecule has 0 spiro atoms. The van der Waals surface area contributed by atoms with E-state index in [9.17, 15) is 5.11 Å². The average molecular weight is 233 g/mol. The summed E-state index contributed by atoms with van der Waals surface area (Å²) in [5.41, 5.74) is 7.04. The first-order valence-electron chi connectivity index (χ1n) is 6.34. The van der Waals surface area contributed by atoms with Gasteiger partial charge < -0.3 is 10.8 Å². The summed E-state index contributed by atoms with van der Waals surface area (Å²) < 4.78 is 0. The minimum atomic E-state index is -0.604. The molecule has 17 heavy (non-hydrogen) atoms. The number of aromatic nitrogens is 1. The molecule has 0 aliphatic carbocycles. The lowest BCUT2D eigenvalue weighted by atomic mass is 9.86. The van der Waals surface area contributed by atoms with Gasteiger partial charge in [-0.1, -0.05) is 0 Å². The molecule has 3 rings (SSSR count). The van der Waals surface area contributed by atoms with E-state index in [1.807, 2.05) is 0 Å². The van der Waals surface area contributed by atoms with Crippen molar-refractivity contribution in [2.75, 3.05) is 18.8 Å². The summed E-state index contributed by atoms with van der Waals surface area (Å²) in [6.45, 7) is 2.15. The molecule has 0 amide bonds. The van der Waals surface area contributed by atoms with E-state index < -0.39 is 5.60 Å². The summed E-state index contributed by atoms with van der Waals surface area (Å²) in [6.07, 6.45) is 7.27. The molecule has 3 N–H and O–H groups in total. The van der Waals surface area contributed by atoms with Crippen molar-refractivity contribution in [1.29, 1.82) is 0 Å². The Morgan fingerprint density at radius 1 is 1.53 bits per heavy atom. The zero-order valence-corrected chi connectivity index (χ0v) is 9.97. The van der Waals surface area contributed by atoms with E-state index in [1.165, 1.54) is 6.42 Å². The second-order valence-electron chi connectivity index (χ2n) is 5.30. The van der Waals surface area contributed by atoms with Crippen LogP contribution in [0.2, 0.25) is 0 Å². The molecule has 2 unspecified atom stereocenters. The zero-order chi connectivity index (χ0) is 11.9. The van der Waals surface area contributed by atoms with Gasteiger partial charge in [0.2, 0.25) is 0 Å². The molecule has 0 bridgehead atoms. The van der Waals surface area contributed by atoms with Crippen molar-refractivity contribution in [3.05, 3.63) is 24.0 Å². The number of nitrogen functional groups attached to an aromatic ring is 1. The van der Waals surface area contributed by atoms with Gasteiger partial charge in [-0.15, -0.1) is 0 Å². The highest BCUT2D eigenvalue weighted by Crippen LogP contribution is 2.38. The first-order valence-corrected chi connectivity index (χ1v) is 6.34. The molecule has 4 heteroatoms. The van der Waals surface area contributed by atoms with Gasteiger partial charge in [0.1, 0.15) is 0 Å². The topological polar surface area (TPSA) is 62.4 Å². The van der Waals surface area contributed by atoms with Crippen LogP contribution in [0.15, 0.2) is 18.5 Å². The molecule has 1 aromatic heterocycles. The fourth-order valence-electron chi connectivity index (χ4n) is 3.33. The summed E-state index contributed by atoms with van der Waals surface area (Å²) in [7, 11) is 0. The summed E-state index contributed by atoms with van der Waals surface area (Å²) in [6, 6.07) is 2.13. The Morgan fingerprint density at radius 2 is 2.41 bits per heavy atom. The monoisotopic (exact) mass is 233 g/mol. The molecule has 2 atom stereocenters. The number of nitrogens with zero attached hydrogens (tertiary/aromatic N) is 2. The van der Waals surface area contributed by atoms with E-state index >= 15 is 0 Å². The van der Waals surface area contributed by atoms with E-state index in [1.54, 1.807) is 18.5 Å². The van der Waals surface area contributed by atoms with Gasteiger partial charge in [0.05, 0.1) is 5.60 Å². The largest absolute Gasteiger partial charge is 0.398 e. The van der Waals surface area contributed by atoms with Crippen molar-refractivity contribution in [3.8, 4) is 0 Å². The molecule has 2 fully saturated rings. The van der Waals surface area contributed by atoms with Crippen LogP contribution in [0.3, 0.4) is 0 Å². The van der Waals surface area contributed by atoms with Crippen molar-refractivity contribution in [1.82, 2.24) is 9.88 Å². The fraction of sp³-hybridized carbons (Fsp3) is 0.615.